The fourth-order valence-electron chi connectivity index (χ4n) is 3.99. The Bertz CT molecular complexity index is 1290. The minimum Gasteiger partial charge on any atom is -0.495 e. The van der Waals surface area contributed by atoms with Crippen molar-refractivity contribution < 1.29 is 61.9 Å². The molecule has 18 heteroatoms. The van der Waals surface area contributed by atoms with E-state index >= 15 is 0 Å². The van der Waals surface area contributed by atoms with Gasteiger partial charge in [0.1, 0.15) is 18.5 Å². The summed E-state index contributed by atoms with van der Waals surface area (Å²) in [5, 5.41) is 3.27. The minimum atomic E-state index is -1.43. The van der Waals surface area contributed by atoms with Crippen LogP contribution < -0.4 is 15.0 Å². The van der Waals surface area contributed by atoms with E-state index in [9.17, 15) is 24.0 Å². The van der Waals surface area contributed by atoms with Gasteiger partial charge in [0.2, 0.25) is 5.82 Å². The summed E-state index contributed by atoms with van der Waals surface area (Å²) in [5.74, 6) is -3.33. The average molecular weight is 731 g/mol. The highest BCUT2D eigenvalue weighted by Crippen LogP contribution is 2.26. The van der Waals surface area contributed by atoms with Gasteiger partial charge in [-0.3, -0.25) is 9.59 Å². The monoisotopic (exact) mass is 730 g/mol. The van der Waals surface area contributed by atoms with Gasteiger partial charge in [0.15, 0.2) is 24.4 Å². The van der Waals surface area contributed by atoms with Crippen LogP contribution in [0.4, 0.5) is 5.82 Å². The van der Waals surface area contributed by atoms with Gasteiger partial charge in [-0.2, -0.15) is 4.37 Å². The van der Waals surface area contributed by atoms with E-state index in [4.69, 9.17) is 37.9 Å². The lowest BCUT2D eigenvalue weighted by Gasteiger charge is -2.27. The average Bonchev–Trinajstić information content (AvgIpc) is 3.53. The molecule has 50 heavy (non-hydrogen) atoms. The Morgan fingerprint density at radius 2 is 1.36 bits per heavy atom. The number of hydrogen-bond acceptors (Lipinski definition) is 18. The van der Waals surface area contributed by atoms with Crippen molar-refractivity contribution in [3.8, 4) is 5.88 Å². The zero-order valence-corrected chi connectivity index (χ0v) is 30.8. The molecular weight excluding hydrogens is 680 g/mol. The molecule has 0 aromatic carbocycles. The first-order chi connectivity index (χ1) is 23.5. The van der Waals surface area contributed by atoms with Crippen LogP contribution in [0.3, 0.4) is 0 Å². The van der Waals surface area contributed by atoms with Gasteiger partial charge in [0, 0.05) is 25.2 Å². The van der Waals surface area contributed by atoms with E-state index in [-0.39, 0.29) is 37.3 Å². The Labute approximate surface area is 296 Å². The molecule has 2 rings (SSSR count). The van der Waals surface area contributed by atoms with Crippen LogP contribution in [-0.4, -0.2) is 121 Å². The predicted molar refractivity (Wildman–Crippen MR) is 178 cm³/mol. The molecule has 1 saturated heterocycles. The van der Waals surface area contributed by atoms with E-state index in [1.54, 1.807) is 13.8 Å². The van der Waals surface area contributed by atoms with Gasteiger partial charge in [-0.1, -0.05) is 6.58 Å². The van der Waals surface area contributed by atoms with Crippen LogP contribution >= 0.6 is 11.7 Å². The van der Waals surface area contributed by atoms with Gasteiger partial charge >= 0.3 is 29.8 Å². The summed E-state index contributed by atoms with van der Waals surface area (Å²) in [5.41, 5.74) is -0.281. The Hall–Kier alpha value is -4.03. The van der Waals surface area contributed by atoms with Crippen LogP contribution in [0, 0.1) is 0 Å². The Morgan fingerprint density at radius 3 is 1.90 bits per heavy atom. The summed E-state index contributed by atoms with van der Waals surface area (Å²) < 4.78 is 51.0. The van der Waals surface area contributed by atoms with Gasteiger partial charge in [-0.15, -0.1) is 4.37 Å². The number of carbonyl (C=O) groups is 5. The van der Waals surface area contributed by atoms with Gasteiger partial charge in [-0.25, -0.2) is 14.4 Å². The first-order valence-electron chi connectivity index (χ1n) is 16.4. The molecule has 1 N–H and O–H groups in total. The molecule has 0 aliphatic carbocycles. The van der Waals surface area contributed by atoms with Crippen LogP contribution in [0.1, 0.15) is 68.2 Å². The van der Waals surface area contributed by atoms with E-state index in [1.807, 2.05) is 25.7 Å². The van der Waals surface area contributed by atoms with Gasteiger partial charge < -0.3 is 48.1 Å². The van der Waals surface area contributed by atoms with Crippen molar-refractivity contribution in [2.24, 2.45) is 0 Å². The summed E-state index contributed by atoms with van der Waals surface area (Å²) in [6.07, 6.45) is -6.39. The maximum atomic E-state index is 12.7. The molecule has 0 amide bonds. The molecule has 2 heterocycles. The van der Waals surface area contributed by atoms with Crippen LogP contribution in [-0.2, 0) is 57.1 Å². The minimum absolute atomic E-state index is 0.0196. The smallest absolute Gasteiger partial charge is 0.347 e. The number of carbonyl (C=O) groups excluding carboxylic acids is 5. The fraction of sp³-hybridized carbons (Fsp3) is 0.719. The number of hydrogen-bond donors (Lipinski definition) is 1. The summed E-state index contributed by atoms with van der Waals surface area (Å²) in [6, 6.07) is 0. The van der Waals surface area contributed by atoms with Crippen molar-refractivity contribution in [1.82, 2.24) is 14.1 Å². The second-order valence-corrected chi connectivity index (χ2v) is 12.8. The van der Waals surface area contributed by atoms with Crippen LogP contribution in [0.25, 0.3) is 0 Å². The number of nitrogens with one attached hydrogen (secondary N) is 1. The Kier molecular flexibility index (Phi) is 17.4. The largest absolute Gasteiger partial charge is 0.495 e. The number of rotatable bonds is 20. The summed E-state index contributed by atoms with van der Waals surface area (Å²) >= 11 is 1.01. The molecule has 1 aromatic rings. The van der Waals surface area contributed by atoms with Crippen molar-refractivity contribution >= 4 is 47.4 Å². The SMILES string of the molecule is C=C(OCC)C(C)OC(=O)C(C)OC(=O)C(C)OC(=O)C(C)OC(=O)CCC(=O)O[C@@H](CNC(C)(C)C)COc1nsnc1N1CCOCC1. The molecule has 1 aliphatic heterocycles. The molecule has 0 bridgehead atoms. The first kappa shape index (κ1) is 42.1. The van der Waals surface area contributed by atoms with Gasteiger partial charge in [0.25, 0.3) is 5.88 Å². The second-order valence-electron chi connectivity index (χ2n) is 12.3. The topological polar surface area (TPSA) is 200 Å². The van der Waals surface area contributed by atoms with E-state index in [1.165, 1.54) is 20.8 Å². The van der Waals surface area contributed by atoms with Crippen LogP contribution in [0.2, 0.25) is 0 Å². The van der Waals surface area contributed by atoms with Crippen molar-refractivity contribution in [2.75, 3.05) is 51.0 Å². The zero-order chi connectivity index (χ0) is 37.4. The number of nitrogens with zero attached hydrogens (tertiary/aromatic N) is 3. The van der Waals surface area contributed by atoms with Gasteiger partial charge in [-0.05, 0) is 55.4 Å². The lowest BCUT2D eigenvalue weighted by molar-refractivity contribution is -0.183. The molecule has 1 fully saturated rings. The summed E-state index contributed by atoms with van der Waals surface area (Å²) in [7, 11) is 0. The third kappa shape index (κ3) is 15.2. The normalized spacial score (nSPS) is 16.1. The lowest BCUT2D eigenvalue weighted by atomic mass is 10.1. The Morgan fingerprint density at radius 1 is 0.840 bits per heavy atom. The molecule has 5 atom stereocenters. The number of esters is 5. The summed E-state index contributed by atoms with van der Waals surface area (Å²) in [4.78, 5) is 64.3. The molecule has 4 unspecified atom stereocenters. The highest BCUT2D eigenvalue weighted by molar-refractivity contribution is 6.99. The van der Waals surface area contributed by atoms with Crippen molar-refractivity contribution in [1.29, 1.82) is 0 Å². The van der Waals surface area contributed by atoms with Crippen LogP contribution in [0.15, 0.2) is 12.3 Å². The highest BCUT2D eigenvalue weighted by atomic mass is 32.1. The van der Waals surface area contributed by atoms with Crippen molar-refractivity contribution in [3.05, 3.63) is 12.3 Å². The molecule has 282 valence electrons. The quantitative estimate of drug-likeness (QED) is 0.116. The molecule has 17 nitrogen and oxygen atoms in total. The third-order valence-electron chi connectivity index (χ3n) is 6.82. The number of morpholine rings is 1. The fourth-order valence-corrected chi connectivity index (χ4v) is 4.51. The third-order valence-corrected chi connectivity index (χ3v) is 7.32. The number of ether oxygens (including phenoxy) is 8. The van der Waals surface area contributed by atoms with Crippen LogP contribution in [0.5, 0.6) is 5.88 Å². The number of aromatic nitrogens is 2. The van der Waals surface area contributed by atoms with Crippen molar-refractivity contribution in [3.63, 3.8) is 0 Å². The Balaban J connectivity index is 1.81. The molecular formula is C32H50N4O13S. The summed E-state index contributed by atoms with van der Waals surface area (Å²) in [6.45, 7) is 19.6. The number of anilines is 1. The van der Waals surface area contributed by atoms with Gasteiger partial charge in [0.05, 0.1) is 44.4 Å². The zero-order valence-electron chi connectivity index (χ0n) is 30.0. The highest BCUT2D eigenvalue weighted by Gasteiger charge is 2.30. The van der Waals surface area contributed by atoms with E-state index in [0.29, 0.717) is 44.6 Å². The molecule has 1 aromatic heterocycles. The van der Waals surface area contributed by atoms with E-state index < -0.39 is 60.4 Å². The van der Waals surface area contributed by atoms with E-state index in [2.05, 4.69) is 20.6 Å². The standard InChI is InChI=1S/C32H50N4O13S/c1-10-43-19(2)20(3)46-30(40)22(5)48-31(41)23(6)47-29(39)21(4)45-25(37)11-12-26(38)49-24(17-33-32(7,8)9)18-44-28-27(34-50-35-28)36-13-15-42-16-14-36/h20-24,33H,2,10-18H2,1,3-9H3/t20?,21?,22?,23?,24-/m0/s1. The molecule has 0 spiro atoms. The lowest BCUT2D eigenvalue weighted by Crippen LogP contribution is -2.44. The molecule has 0 saturated carbocycles. The van der Waals surface area contributed by atoms with Crippen molar-refractivity contribution in [2.45, 2.75) is 104 Å². The second kappa shape index (κ2) is 20.6. The molecule has 0 radical (unpaired) electrons. The maximum absolute atomic E-state index is 12.7. The maximum Gasteiger partial charge on any atom is 0.347 e. The first-order valence-corrected chi connectivity index (χ1v) is 17.1. The predicted octanol–water partition coefficient (Wildman–Crippen LogP) is 2.11. The molecule has 1 aliphatic rings. The van der Waals surface area contributed by atoms with E-state index in [0.717, 1.165) is 11.7 Å².